The van der Waals surface area contributed by atoms with Crippen LogP contribution in [0.2, 0.25) is 0 Å². The van der Waals surface area contributed by atoms with Gasteiger partial charge in [0.2, 0.25) is 5.91 Å². The summed E-state index contributed by atoms with van der Waals surface area (Å²) in [5.74, 6) is 0.0403. The minimum atomic E-state index is -0.00621. The summed E-state index contributed by atoms with van der Waals surface area (Å²) in [6, 6.07) is 10.1. The second-order valence-electron chi connectivity index (χ2n) is 5.49. The van der Waals surface area contributed by atoms with Crippen molar-refractivity contribution in [1.29, 1.82) is 0 Å². The van der Waals surface area contributed by atoms with Crippen LogP contribution >= 0.6 is 11.3 Å². The molecule has 5 nitrogen and oxygen atoms in total. The SMILES string of the molecule is O=C(CC1CNCCO1)NCCc1nc(-c2ccccc2)cs1. The van der Waals surface area contributed by atoms with E-state index in [1.165, 1.54) is 0 Å². The average Bonchev–Trinajstić information content (AvgIpc) is 3.05. The van der Waals surface area contributed by atoms with Crippen LogP contribution in [0, 0.1) is 0 Å². The normalized spacial score (nSPS) is 17.8. The highest BCUT2D eigenvalue weighted by atomic mass is 32.1. The van der Waals surface area contributed by atoms with Gasteiger partial charge in [0.15, 0.2) is 0 Å². The zero-order valence-electron chi connectivity index (χ0n) is 13.0. The van der Waals surface area contributed by atoms with Crippen molar-refractivity contribution in [1.82, 2.24) is 15.6 Å². The molecule has 0 bridgehead atoms. The largest absolute Gasteiger partial charge is 0.375 e. The number of hydrogen-bond donors (Lipinski definition) is 2. The number of aromatic nitrogens is 1. The Hall–Kier alpha value is -1.76. The van der Waals surface area contributed by atoms with Gasteiger partial charge >= 0.3 is 0 Å². The molecule has 1 aromatic carbocycles. The van der Waals surface area contributed by atoms with Crippen molar-refractivity contribution in [3.63, 3.8) is 0 Å². The minimum Gasteiger partial charge on any atom is -0.375 e. The van der Waals surface area contributed by atoms with Crippen molar-refractivity contribution >= 4 is 17.2 Å². The van der Waals surface area contributed by atoms with Gasteiger partial charge in [0.1, 0.15) is 0 Å². The quantitative estimate of drug-likeness (QED) is 0.848. The zero-order valence-corrected chi connectivity index (χ0v) is 13.8. The van der Waals surface area contributed by atoms with Gasteiger partial charge in [-0.15, -0.1) is 11.3 Å². The number of nitrogens with zero attached hydrogens (tertiary/aromatic N) is 1. The van der Waals surface area contributed by atoms with Gasteiger partial charge in [0.05, 0.1) is 29.8 Å². The Balaban J connectivity index is 1.42. The molecule has 0 aliphatic carbocycles. The lowest BCUT2D eigenvalue weighted by atomic mass is 10.2. The highest BCUT2D eigenvalue weighted by molar-refractivity contribution is 7.09. The third-order valence-electron chi connectivity index (χ3n) is 3.70. The lowest BCUT2D eigenvalue weighted by Crippen LogP contribution is -2.41. The predicted molar refractivity (Wildman–Crippen MR) is 91.5 cm³/mol. The maximum atomic E-state index is 11.9. The van der Waals surface area contributed by atoms with Crippen LogP contribution in [-0.2, 0) is 16.0 Å². The standard InChI is InChI=1S/C17H21N3O2S/c21-16(10-14-11-18-8-9-22-14)19-7-6-17-20-15(12-23-17)13-4-2-1-3-5-13/h1-5,12,14,18H,6-11H2,(H,19,21). The van der Waals surface area contributed by atoms with E-state index in [2.05, 4.69) is 33.1 Å². The summed E-state index contributed by atoms with van der Waals surface area (Å²) >= 11 is 1.63. The maximum Gasteiger partial charge on any atom is 0.222 e. The first-order valence-corrected chi connectivity index (χ1v) is 8.78. The summed E-state index contributed by atoms with van der Waals surface area (Å²) in [7, 11) is 0. The molecule has 23 heavy (non-hydrogen) atoms. The van der Waals surface area contributed by atoms with Gasteiger partial charge in [0, 0.05) is 37.0 Å². The Bertz CT molecular complexity index is 624. The number of nitrogens with one attached hydrogen (secondary N) is 2. The molecule has 1 fully saturated rings. The number of carbonyl (C=O) groups is 1. The molecule has 1 saturated heterocycles. The Labute approximate surface area is 140 Å². The number of thiazole rings is 1. The van der Waals surface area contributed by atoms with Crippen LogP contribution < -0.4 is 10.6 Å². The van der Waals surface area contributed by atoms with E-state index in [1.54, 1.807) is 11.3 Å². The fourth-order valence-corrected chi connectivity index (χ4v) is 3.31. The lowest BCUT2D eigenvalue weighted by Gasteiger charge is -2.22. The second-order valence-corrected chi connectivity index (χ2v) is 6.44. The number of carbonyl (C=O) groups excluding carboxylic acids is 1. The van der Waals surface area contributed by atoms with Crippen LogP contribution in [0.15, 0.2) is 35.7 Å². The highest BCUT2D eigenvalue weighted by Crippen LogP contribution is 2.21. The number of morpholine rings is 1. The molecule has 6 heteroatoms. The monoisotopic (exact) mass is 331 g/mol. The molecule has 1 unspecified atom stereocenters. The van der Waals surface area contributed by atoms with Gasteiger partial charge in [-0.2, -0.15) is 0 Å². The van der Waals surface area contributed by atoms with Crippen LogP contribution in [0.4, 0.5) is 0 Å². The molecule has 0 saturated carbocycles. The molecule has 2 aromatic rings. The molecule has 0 radical (unpaired) electrons. The number of hydrogen-bond acceptors (Lipinski definition) is 5. The van der Waals surface area contributed by atoms with Gasteiger partial charge in [-0.25, -0.2) is 4.98 Å². The third-order valence-corrected chi connectivity index (χ3v) is 4.61. The fraction of sp³-hybridized carbons (Fsp3) is 0.412. The summed E-state index contributed by atoms with van der Waals surface area (Å²) in [5, 5.41) is 9.28. The van der Waals surface area contributed by atoms with Crippen molar-refractivity contribution in [2.75, 3.05) is 26.2 Å². The molecule has 1 atom stereocenters. The van der Waals surface area contributed by atoms with Gasteiger partial charge in [-0.05, 0) is 0 Å². The van der Waals surface area contributed by atoms with Gasteiger partial charge < -0.3 is 15.4 Å². The summed E-state index contributed by atoms with van der Waals surface area (Å²) < 4.78 is 5.53. The van der Waals surface area contributed by atoms with Gasteiger partial charge in [0.25, 0.3) is 0 Å². The molecule has 2 N–H and O–H groups in total. The summed E-state index contributed by atoms with van der Waals surface area (Å²) in [4.78, 5) is 16.5. The highest BCUT2D eigenvalue weighted by Gasteiger charge is 2.17. The van der Waals surface area contributed by atoms with E-state index in [9.17, 15) is 4.79 Å². The van der Waals surface area contributed by atoms with Crippen LogP contribution in [0.3, 0.4) is 0 Å². The van der Waals surface area contributed by atoms with Crippen LogP contribution in [-0.4, -0.2) is 43.2 Å². The van der Waals surface area contributed by atoms with Crippen LogP contribution in [0.25, 0.3) is 11.3 Å². The van der Waals surface area contributed by atoms with E-state index in [0.29, 0.717) is 19.6 Å². The van der Waals surface area contributed by atoms with E-state index < -0.39 is 0 Å². The Morgan fingerprint density at radius 3 is 3.04 bits per heavy atom. The average molecular weight is 331 g/mol. The van der Waals surface area contributed by atoms with Crippen molar-refractivity contribution in [2.24, 2.45) is 0 Å². The van der Waals surface area contributed by atoms with E-state index in [1.807, 2.05) is 18.2 Å². The van der Waals surface area contributed by atoms with Gasteiger partial charge in [-0.3, -0.25) is 4.79 Å². The molecule has 0 spiro atoms. The fourth-order valence-electron chi connectivity index (χ4n) is 2.51. The molecule has 1 aliphatic heterocycles. The molecule has 1 aromatic heterocycles. The molecular weight excluding hydrogens is 310 g/mol. The van der Waals surface area contributed by atoms with E-state index in [-0.39, 0.29) is 12.0 Å². The maximum absolute atomic E-state index is 11.9. The number of benzene rings is 1. The smallest absolute Gasteiger partial charge is 0.222 e. The van der Waals surface area contributed by atoms with E-state index in [4.69, 9.17) is 4.74 Å². The first kappa shape index (κ1) is 16.1. The number of ether oxygens (including phenoxy) is 1. The second kappa shape index (κ2) is 8.19. The van der Waals surface area contributed by atoms with Crippen LogP contribution in [0.1, 0.15) is 11.4 Å². The molecule has 1 amide bonds. The third kappa shape index (κ3) is 4.86. The number of rotatable bonds is 6. The minimum absolute atomic E-state index is 0.00621. The predicted octanol–water partition coefficient (Wildman–Crippen LogP) is 1.85. The summed E-state index contributed by atoms with van der Waals surface area (Å²) in [5.41, 5.74) is 2.12. The van der Waals surface area contributed by atoms with Crippen molar-refractivity contribution in [3.05, 3.63) is 40.7 Å². The first-order valence-electron chi connectivity index (χ1n) is 7.90. The Morgan fingerprint density at radius 1 is 1.39 bits per heavy atom. The van der Waals surface area contributed by atoms with Gasteiger partial charge in [-0.1, -0.05) is 30.3 Å². The molecule has 1 aliphatic rings. The Morgan fingerprint density at radius 2 is 2.26 bits per heavy atom. The first-order chi connectivity index (χ1) is 11.3. The lowest BCUT2D eigenvalue weighted by molar-refractivity contribution is -0.124. The van der Waals surface area contributed by atoms with Crippen molar-refractivity contribution < 1.29 is 9.53 Å². The topological polar surface area (TPSA) is 63.2 Å². The summed E-state index contributed by atoms with van der Waals surface area (Å²) in [6.45, 7) is 2.91. The molecule has 3 rings (SSSR count). The Kier molecular flexibility index (Phi) is 5.74. The van der Waals surface area contributed by atoms with Crippen LogP contribution in [0.5, 0.6) is 0 Å². The molecule has 122 valence electrons. The van der Waals surface area contributed by atoms with Crippen molar-refractivity contribution in [2.45, 2.75) is 18.9 Å². The molecule has 2 heterocycles. The molecular formula is C17H21N3O2S. The summed E-state index contributed by atoms with van der Waals surface area (Å²) in [6.07, 6.45) is 1.17. The van der Waals surface area contributed by atoms with E-state index in [0.717, 1.165) is 35.8 Å². The van der Waals surface area contributed by atoms with E-state index >= 15 is 0 Å². The zero-order chi connectivity index (χ0) is 15.9. The van der Waals surface area contributed by atoms with Crippen molar-refractivity contribution in [3.8, 4) is 11.3 Å². The number of amides is 1.